The normalized spacial score (nSPS) is 12.9. The number of benzene rings is 2. The molecule has 5 heteroatoms. The zero-order valence-electron chi connectivity index (χ0n) is 15.5. The lowest BCUT2D eigenvalue weighted by Crippen LogP contribution is -2.45. The number of amides is 2. The lowest BCUT2D eigenvalue weighted by molar-refractivity contribution is -0.136. The van der Waals surface area contributed by atoms with Crippen LogP contribution in [0, 0.1) is 13.8 Å². The Kier molecular flexibility index (Phi) is 6.52. The highest BCUT2D eigenvalue weighted by molar-refractivity contribution is 6.39. The van der Waals surface area contributed by atoms with Crippen molar-refractivity contribution in [2.45, 2.75) is 39.2 Å². The number of nitrogens with one attached hydrogen (secondary N) is 2. The minimum Gasteiger partial charge on any atom is -0.388 e. The number of anilines is 1. The second kappa shape index (κ2) is 8.63. The lowest BCUT2D eigenvalue weighted by atomic mass is 9.97. The summed E-state index contributed by atoms with van der Waals surface area (Å²) in [6, 6.07) is 15.5. The fourth-order valence-corrected chi connectivity index (χ4v) is 2.68. The maximum Gasteiger partial charge on any atom is 0.313 e. The molecule has 0 aromatic heterocycles. The van der Waals surface area contributed by atoms with E-state index in [0.717, 1.165) is 16.7 Å². The third-order valence-corrected chi connectivity index (χ3v) is 4.35. The maximum atomic E-state index is 12.1. The number of para-hydroxylation sites is 1. The van der Waals surface area contributed by atoms with E-state index in [4.69, 9.17) is 0 Å². The van der Waals surface area contributed by atoms with Crippen molar-refractivity contribution in [3.05, 3.63) is 65.2 Å². The Hall–Kier alpha value is -2.66. The smallest absolute Gasteiger partial charge is 0.313 e. The molecule has 2 aromatic carbocycles. The van der Waals surface area contributed by atoms with Gasteiger partial charge in [0.2, 0.25) is 0 Å². The standard InChI is InChI=1S/C21H26N2O3/c1-15-8-7-9-16(2)18(15)23-20(25)19(24)22-14-21(3,26)13-12-17-10-5-4-6-11-17/h4-11,26H,12-14H2,1-3H3,(H,22,24)(H,23,25). The van der Waals surface area contributed by atoms with Crippen LogP contribution in [0.5, 0.6) is 0 Å². The van der Waals surface area contributed by atoms with Gasteiger partial charge in [0, 0.05) is 12.2 Å². The van der Waals surface area contributed by atoms with Gasteiger partial charge in [-0.3, -0.25) is 9.59 Å². The van der Waals surface area contributed by atoms with Gasteiger partial charge in [0.15, 0.2) is 0 Å². The van der Waals surface area contributed by atoms with E-state index >= 15 is 0 Å². The van der Waals surface area contributed by atoms with Crippen LogP contribution in [0.1, 0.15) is 30.0 Å². The highest BCUT2D eigenvalue weighted by Crippen LogP contribution is 2.19. The van der Waals surface area contributed by atoms with Crippen molar-refractivity contribution in [1.82, 2.24) is 5.32 Å². The Morgan fingerprint density at radius 1 is 0.962 bits per heavy atom. The minimum atomic E-state index is -1.09. The monoisotopic (exact) mass is 354 g/mol. The molecule has 0 saturated heterocycles. The van der Waals surface area contributed by atoms with E-state index < -0.39 is 17.4 Å². The summed E-state index contributed by atoms with van der Waals surface area (Å²) in [5.41, 5.74) is 2.45. The van der Waals surface area contributed by atoms with E-state index in [1.807, 2.05) is 62.4 Å². The Morgan fingerprint density at radius 3 is 2.19 bits per heavy atom. The van der Waals surface area contributed by atoms with Crippen LogP contribution in [-0.4, -0.2) is 29.1 Å². The molecule has 26 heavy (non-hydrogen) atoms. The van der Waals surface area contributed by atoms with E-state index in [1.165, 1.54) is 0 Å². The van der Waals surface area contributed by atoms with Gasteiger partial charge in [-0.25, -0.2) is 0 Å². The topological polar surface area (TPSA) is 78.4 Å². The van der Waals surface area contributed by atoms with Gasteiger partial charge in [-0.05, 0) is 50.3 Å². The summed E-state index contributed by atoms with van der Waals surface area (Å²) < 4.78 is 0. The van der Waals surface area contributed by atoms with Crippen LogP contribution in [0.3, 0.4) is 0 Å². The zero-order chi connectivity index (χ0) is 19.2. The second-order valence-electron chi connectivity index (χ2n) is 6.89. The summed E-state index contributed by atoms with van der Waals surface area (Å²) in [5, 5.41) is 15.6. The van der Waals surface area contributed by atoms with E-state index in [-0.39, 0.29) is 6.54 Å². The third kappa shape index (κ3) is 5.70. The average Bonchev–Trinajstić information content (AvgIpc) is 2.62. The number of carbonyl (C=O) groups is 2. The minimum absolute atomic E-state index is 0.0127. The summed E-state index contributed by atoms with van der Waals surface area (Å²) in [5.74, 6) is -1.49. The molecule has 0 fully saturated rings. The van der Waals surface area contributed by atoms with Crippen molar-refractivity contribution in [3.63, 3.8) is 0 Å². The fourth-order valence-electron chi connectivity index (χ4n) is 2.68. The maximum absolute atomic E-state index is 12.1. The first-order valence-electron chi connectivity index (χ1n) is 8.70. The van der Waals surface area contributed by atoms with E-state index in [9.17, 15) is 14.7 Å². The predicted molar refractivity (Wildman–Crippen MR) is 103 cm³/mol. The molecule has 2 rings (SSSR count). The highest BCUT2D eigenvalue weighted by Gasteiger charge is 2.23. The molecule has 1 atom stereocenters. The summed E-state index contributed by atoms with van der Waals surface area (Å²) in [4.78, 5) is 24.2. The molecule has 3 N–H and O–H groups in total. The van der Waals surface area contributed by atoms with Gasteiger partial charge < -0.3 is 15.7 Å². The van der Waals surface area contributed by atoms with Gasteiger partial charge in [0.05, 0.1) is 5.60 Å². The second-order valence-corrected chi connectivity index (χ2v) is 6.89. The Morgan fingerprint density at radius 2 is 1.58 bits per heavy atom. The van der Waals surface area contributed by atoms with Crippen LogP contribution in [0.25, 0.3) is 0 Å². The van der Waals surface area contributed by atoms with Crippen molar-refractivity contribution in [2.24, 2.45) is 0 Å². The summed E-state index contributed by atoms with van der Waals surface area (Å²) in [7, 11) is 0. The van der Waals surface area contributed by atoms with E-state index in [0.29, 0.717) is 18.5 Å². The molecular formula is C21H26N2O3. The quantitative estimate of drug-likeness (QED) is 0.698. The van der Waals surface area contributed by atoms with Crippen molar-refractivity contribution >= 4 is 17.5 Å². The van der Waals surface area contributed by atoms with Crippen molar-refractivity contribution in [3.8, 4) is 0 Å². The number of rotatable bonds is 6. The summed E-state index contributed by atoms with van der Waals surface area (Å²) in [6.07, 6.45) is 1.17. The van der Waals surface area contributed by atoms with Gasteiger partial charge in [-0.15, -0.1) is 0 Å². The SMILES string of the molecule is Cc1cccc(C)c1NC(=O)C(=O)NCC(C)(O)CCc1ccccc1. The largest absolute Gasteiger partial charge is 0.388 e. The molecule has 0 aliphatic heterocycles. The van der Waals surface area contributed by atoms with Crippen LogP contribution < -0.4 is 10.6 Å². The van der Waals surface area contributed by atoms with Gasteiger partial charge in [0.25, 0.3) is 0 Å². The molecule has 1 unspecified atom stereocenters. The van der Waals surface area contributed by atoms with Crippen LogP contribution in [0.4, 0.5) is 5.69 Å². The molecule has 2 amide bonds. The molecule has 2 aromatic rings. The lowest BCUT2D eigenvalue weighted by Gasteiger charge is -2.23. The van der Waals surface area contributed by atoms with E-state index in [2.05, 4.69) is 10.6 Å². The third-order valence-electron chi connectivity index (χ3n) is 4.35. The number of hydrogen-bond acceptors (Lipinski definition) is 3. The molecule has 0 radical (unpaired) electrons. The average molecular weight is 354 g/mol. The van der Waals surface area contributed by atoms with Crippen molar-refractivity contribution < 1.29 is 14.7 Å². The molecule has 0 aliphatic carbocycles. The number of aliphatic hydroxyl groups is 1. The predicted octanol–water partition coefficient (Wildman–Crippen LogP) is 2.74. The number of aryl methyl sites for hydroxylation is 3. The van der Waals surface area contributed by atoms with Gasteiger partial charge in [-0.2, -0.15) is 0 Å². The molecule has 0 aliphatic rings. The number of carbonyl (C=O) groups excluding carboxylic acids is 2. The number of hydrogen-bond donors (Lipinski definition) is 3. The van der Waals surface area contributed by atoms with Crippen LogP contribution in [0.2, 0.25) is 0 Å². The summed E-state index contributed by atoms with van der Waals surface area (Å²) in [6.45, 7) is 5.40. The van der Waals surface area contributed by atoms with Gasteiger partial charge in [-0.1, -0.05) is 48.5 Å². The fraction of sp³-hybridized carbons (Fsp3) is 0.333. The van der Waals surface area contributed by atoms with Crippen LogP contribution in [0.15, 0.2) is 48.5 Å². The van der Waals surface area contributed by atoms with Crippen LogP contribution in [-0.2, 0) is 16.0 Å². The van der Waals surface area contributed by atoms with Gasteiger partial charge >= 0.3 is 11.8 Å². The molecule has 5 nitrogen and oxygen atoms in total. The Bertz CT molecular complexity index is 750. The zero-order valence-corrected chi connectivity index (χ0v) is 15.5. The highest BCUT2D eigenvalue weighted by atomic mass is 16.3. The van der Waals surface area contributed by atoms with Gasteiger partial charge in [0.1, 0.15) is 0 Å². The van der Waals surface area contributed by atoms with Crippen LogP contribution >= 0.6 is 0 Å². The molecule has 0 spiro atoms. The molecule has 0 saturated carbocycles. The Balaban J connectivity index is 1.85. The molecule has 0 heterocycles. The van der Waals surface area contributed by atoms with Crippen molar-refractivity contribution in [1.29, 1.82) is 0 Å². The van der Waals surface area contributed by atoms with E-state index in [1.54, 1.807) is 6.92 Å². The molecule has 0 bridgehead atoms. The molecule has 138 valence electrons. The summed E-state index contributed by atoms with van der Waals surface area (Å²) >= 11 is 0. The van der Waals surface area contributed by atoms with Crippen molar-refractivity contribution in [2.75, 3.05) is 11.9 Å². The first-order valence-corrected chi connectivity index (χ1v) is 8.70. The Labute approximate surface area is 154 Å². The first-order chi connectivity index (χ1) is 12.3. The first kappa shape index (κ1) is 19.7. The molecular weight excluding hydrogens is 328 g/mol.